The molecule has 0 bridgehead atoms. The Kier molecular flexibility index (Phi) is 4.51. The minimum atomic E-state index is -0.232. The molecule has 0 aliphatic heterocycles. The van der Waals surface area contributed by atoms with Gasteiger partial charge < -0.3 is 0 Å². The summed E-state index contributed by atoms with van der Waals surface area (Å²) < 4.78 is 14.1. The molecule has 14 heavy (non-hydrogen) atoms. The van der Waals surface area contributed by atoms with E-state index in [2.05, 4.69) is 21.4 Å². The van der Waals surface area contributed by atoms with Crippen molar-refractivity contribution in [3.63, 3.8) is 0 Å². The molecule has 0 heterocycles. The summed E-state index contributed by atoms with van der Waals surface area (Å²) in [4.78, 5) is 0. The molecule has 0 spiro atoms. The van der Waals surface area contributed by atoms with Gasteiger partial charge in [-0.3, -0.25) is 11.3 Å². The van der Waals surface area contributed by atoms with Crippen molar-refractivity contribution in [2.45, 2.75) is 25.8 Å². The van der Waals surface area contributed by atoms with Crippen molar-refractivity contribution in [3.05, 3.63) is 34.1 Å². The van der Waals surface area contributed by atoms with E-state index in [0.29, 0.717) is 10.0 Å². The molecular formula is C10H14BrFN2. The summed E-state index contributed by atoms with van der Waals surface area (Å²) in [5.41, 5.74) is 3.24. The number of nitrogens with two attached hydrogens (primary N) is 1. The van der Waals surface area contributed by atoms with Crippen LogP contribution in [-0.4, -0.2) is 0 Å². The molecule has 1 rings (SSSR count). The fourth-order valence-electron chi connectivity index (χ4n) is 1.41. The molecule has 0 aromatic heterocycles. The van der Waals surface area contributed by atoms with Crippen molar-refractivity contribution in [1.29, 1.82) is 0 Å². The van der Waals surface area contributed by atoms with Crippen LogP contribution in [0.1, 0.15) is 31.4 Å². The van der Waals surface area contributed by atoms with Crippen molar-refractivity contribution in [1.82, 2.24) is 5.43 Å². The van der Waals surface area contributed by atoms with Gasteiger partial charge in [-0.1, -0.05) is 25.5 Å². The quantitative estimate of drug-likeness (QED) is 0.646. The first-order valence-electron chi connectivity index (χ1n) is 4.60. The summed E-state index contributed by atoms with van der Waals surface area (Å²) in [6, 6.07) is 5.12. The number of hydrogen-bond acceptors (Lipinski definition) is 2. The average molecular weight is 261 g/mol. The second-order valence-electron chi connectivity index (χ2n) is 3.15. The minimum Gasteiger partial charge on any atom is -0.271 e. The zero-order valence-corrected chi connectivity index (χ0v) is 9.64. The summed E-state index contributed by atoms with van der Waals surface area (Å²) in [6.07, 6.45) is 1.78. The van der Waals surface area contributed by atoms with Crippen molar-refractivity contribution in [3.8, 4) is 0 Å². The molecule has 4 heteroatoms. The van der Waals surface area contributed by atoms with E-state index in [9.17, 15) is 4.39 Å². The maximum absolute atomic E-state index is 13.6. The van der Waals surface area contributed by atoms with E-state index in [-0.39, 0.29) is 11.9 Å². The molecule has 1 aromatic carbocycles. The molecule has 1 aromatic rings. The molecule has 0 aliphatic rings. The molecule has 3 N–H and O–H groups in total. The second kappa shape index (κ2) is 5.44. The van der Waals surface area contributed by atoms with E-state index in [0.717, 1.165) is 12.8 Å². The highest BCUT2D eigenvalue weighted by Crippen LogP contribution is 2.25. The molecule has 2 nitrogen and oxygen atoms in total. The Labute approximate surface area is 91.8 Å². The lowest BCUT2D eigenvalue weighted by atomic mass is 10.0. The van der Waals surface area contributed by atoms with Crippen LogP contribution in [0.15, 0.2) is 22.7 Å². The number of benzene rings is 1. The fourth-order valence-corrected chi connectivity index (χ4v) is 1.79. The third kappa shape index (κ3) is 2.53. The van der Waals surface area contributed by atoms with E-state index in [4.69, 9.17) is 5.84 Å². The van der Waals surface area contributed by atoms with Crippen LogP contribution in [0.4, 0.5) is 4.39 Å². The fraction of sp³-hybridized carbons (Fsp3) is 0.400. The number of nitrogens with one attached hydrogen (secondary N) is 1. The van der Waals surface area contributed by atoms with Crippen LogP contribution in [0.2, 0.25) is 0 Å². The third-order valence-electron chi connectivity index (χ3n) is 2.14. The Morgan fingerprint density at radius 3 is 2.86 bits per heavy atom. The predicted octanol–water partition coefficient (Wildman–Crippen LogP) is 2.89. The van der Waals surface area contributed by atoms with E-state index in [1.54, 1.807) is 12.1 Å². The van der Waals surface area contributed by atoms with E-state index >= 15 is 0 Å². The maximum atomic E-state index is 13.6. The van der Waals surface area contributed by atoms with E-state index in [1.165, 1.54) is 0 Å². The standard InChI is InChI=1S/C10H14BrFN2/c1-2-4-9(14-13)7-5-3-6-8(11)10(7)12/h3,5-6,9,14H,2,4,13H2,1H3. The Bertz CT molecular complexity index is 304. The van der Waals surface area contributed by atoms with Crippen LogP contribution in [-0.2, 0) is 0 Å². The van der Waals surface area contributed by atoms with Crippen molar-refractivity contribution < 1.29 is 4.39 Å². The third-order valence-corrected chi connectivity index (χ3v) is 2.75. The Morgan fingerprint density at radius 2 is 2.29 bits per heavy atom. The van der Waals surface area contributed by atoms with Gasteiger partial charge in [0.15, 0.2) is 0 Å². The predicted molar refractivity (Wildman–Crippen MR) is 59.1 cm³/mol. The maximum Gasteiger partial charge on any atom is 0.142 e. The van der Waals surface area contributed by atoms with Crippen molar-refractivity contribution in [2.75, 3.05) is 0 Å². The van der Waals surface area contributed by atoms with Crippen LogP contribution >= 0.6 is 15.9 Å². The lowest BCUT2D eigenvalue weighted by Crippen LogP contribution is -2.28. The van der Waals surface area contributed by atoms with Crippen molar-refractivity contribution in [2.24, 2.45) is 5.84 Å². The zero-order valence-electron chi connectivity index (χ0n) is 8.06. The summed E-state index contributed by atoms with van der Waals surface area (Å²) >= 11 is 3.15. The number of hydrazine groups is 1. The molecule has 0 amide bonds. The molecule has 0 radical (unpaired) electrons. The first-order valence-corrected chi connectivity index (χ1v) is 5.40. The molecule has 0 saturated carbocycles. The molecule has 78 valence electrons. The number of halogens is 2. The molecule has 0 aliphatic carbocycles. The van der Waals surface area contributed by atoms with Crippen LogP contribution < -0.4 is 11.3 Å². The minimum absolute atomic E-state index is 0.113. The van der Waals surface area contributed by atoms with Gasteiger partial charge in [0.25, 0.3) is 0 Å². The van der Waals surface area contributed by atoms with Gasteiger partial charge in [0.05, 0.1) is 4.47 Å². The van der Waals surface area contributed by atoms with E-state index < -0.39 is 0 Å². The van der Waals surface area contributed by atoms with Crippen LogP contribution in [0, 0.1) is 5.82 Å². The summed E-state index contributed by atoms with van der Waals surface area (Å²) in [5.74, 6) is 5.15. The summed E-state index contributed by atoms with van der Waals surface area (Å²) in [6.45, 7) is 2.04. The van der Waals surface area contributed by atoms with Gasteiger partial charge in [0.1, 0.15) is 5.82 Å². The van der Waals surface area contributed by atoms with Gasteiger partial charge in [-0.05, 0) is 28.4 Å². The zero-order chi connectivity index (χ0) is 10.6. The van der Waals surface area contributed by atoms with Crippen LogP contribution in [0.3, 0.4) is 0 Å². The van der Waals surface area contributed by atoms with Gasteiger partial charge in [0, 0.05) is 11.6 Å². The molecular weight excluding hydrogens is 247 g/mol. The molecule has 0 saturated heterocycles. The molecule has 0 fully saturated rings. The SMILES string of the molecule is CCCC(NN)c1cccc(Br)c1F. The lowest BCUT2D eigenvalue weighted by molar-refractivity contribution is 0.479. The highest BCUT2D eigenvalue weighted by atomic mass is 79.9. The summed E-state index contributed by atoms with van der Waals surface area (Å²) in [7, 11) is 0. The van der Waals surface area contributed by atoms with Gasteiger partial charge in [0.2, 0.25) is 0 Å². The monoisotopic (exact) mass is 260 g/mol. The van der Waals surface area contributed by atoms with E-state index in [1.807, 2.05) is 13.0 Å². The largest absolute Gasteiger partial charge is 0.271 e. The molecule has 1 unspecified atom stereocenters. The van der Waals surface area contributed by atoms with Gasteiger partial charge in [-0.2, -0.15) is 0 Å². The average Bonchev–Trinajstić information content (AvgIpc) is 2.19. The lowest BCUT2D eigenvalue weighted by Gasteiger charge is -2.16. The van der Waals surface area contributed by atoms with Crippen LogP contribution in [0.5, 0.6) is 0 Å². The topological polar surface area (TPSA) is 38.0 Å². The highest BCUT2D eigenvalue weighted by molar-refractivity contribution is 9.10. The van der Waals surface area contributed by atoms with Gasteiger partial charge in [-0.15, -0.1) is 0 Å². The summed E-state index contributed by atoms with van der Waals surface area (Å²) in [5, 5.41) is 0. The Morgan fingerprint density at radius 1 is 1.57 bits per heavy atom. The number of hydrogen-bond donors (Lipinski definition) is 2. The smallest absolute Gasteiger partial charge is 0.142 e. The number of rotatable bonds is 4. The van der Waals surface area contributed by atoms with Crippen molar-refractivity contribution >= 4 is 15.9 Å². The first-order chi connectivity index (χ1) is 6.70. The normalized spacial score (nSPS) is 12.9. The van der Waals surface area contributed by atoms with Gasteiger partial charge in [-0.25, -0.2) is 4.39 Å². The Hall–Kier alpha value is -0.450. The first kappa shape index (κ1) is 11.6. The molecule has 1 atom stereocenters. The van der Waals surface area contributed by atoms with Gasteiger partial charge >= 0.3 is 0 Å². The highest BCUT2D eigenvalue weighted by Gasteiger charge is 2.14. The Balaban J connectivity index is 2.97. The van der Waals surface area contributed by atoms with Crippen LogP contribution in [0.25, 0.3) is 0 Å². The second-order valence-corrected chi connectivity index (χ2v) is 4.01.